The van der Waals surface area contributed by atoms with E-state index in [1.807, 2.05) is 13.8 Å². The number of aryl methyl sites for hydroxylation is 2. The normalized spacial score (nSPS) is 16.7. The molecule has 4 heteroatoms. The Bertz CT molecular complexity index is 415. The molecule has 0 fully saturated rings. The van der Waals surface area contributed by atoms with Gasteiger partial charge in [-0.3, -0.25) is 4.79 Å². The molecular weight excluding hydrogens is 298 g/mol. The average molecular weight is 316 g/mol. The van der Waals surface area contributed by atoms with Gasteiger partial charge in [0.2, 0.25) is 0 Å². The van der Waals surface area contributed by atoms with E-state index in [0.717, 1.165) is 17.7 Å². The van der Waals surface area contributed by atoms with Gasteiger partial charge in [-0.25, -0.2) is 0 Å². The molecule has 1 unspecified atom stereocenters. The molecule has 0 bridgehead atoms. The number of fused-ring (bicyclic) bond motifs is 1. The van der Waals surface area contributed by atoms with Crippen LogP contribution < -0.4 is 5.32 Å². The zero-order chi connectivity index (χ0) is 12.6. The van der Waals surface area contributed by atoms with Crippen molar-refractivity contribution >= 4 is 33.2 Å². The predicted molar refractivity (Wildman–Crippen MR) is 76.3 cm³/mol. The van der Waals surface area contributed by atoms with Gasteiger partial charge in [0.25, 0.3) is 5.91 Å². The van der Waals surface area contributed by atoms with Gasteiger partial charge in [-0.1, -0.05) is 22.9 Å². The predicted octanol–water partition coefficient (Wildman–Crippen LogP) is 3.53. The summed E-state index contributed by atoms with van der Waals surface area (Å²) >= 11 is 5.19. The Labute approximate surface area is 115 Å². The van der Waals surface area contributed by atoms with Crippen molar-refractivity contribution in [2.75, 3.05) is 0 Å². The zero-order valence-electron chi connectivity index (χ0n) is 10.5. The third kappa shape index (κ3) is 2.74. The van der Waals surface area contributed by atoms with Crippen LogP contribution in [0.4, 0.5) is 0 Å². The maximum Gasteiger partial charge on any atom is 0.261 e. The first-order valence-corrected chi connectivity index (χ1v) is 7.71. The molecular formula is C13H18BrNOS. The first-order valence-electron chi connectivity index (χ1n) is 5.98. The second kappa shape index (κ2) is 4.73. The molecule has 1 aliphatic carbocycles. The topological polar surface area (TPSA) is 29.1 Å². The van der Waals surface area contributed by atoms with Gasteiger partial charge in [-0.2, -0.15) is 0 Å². The van der Waals surface area contributed by atoms with Crippen LogP contribution >= 0.6 is 27.3 Å². The van der Waals surface area contributed by atoms with Crippen LogP contribution in [0.2, 0.25) is 0 Å². The molecule has 0 radical (unpaired) electrons. The minimum Gasteiger partial charge on any atom is -0.345 e. The van der Waals surface area contributed by atoms with E-state index in [4.69, 9.17) is 0 Å². The monoisotopic (exact) mass is 315 g/mol. The van der Waals surface area contributed by atoms with E-state index in [1.165, 1.54) is 16.9 Å². The van der Waals surface area contributed by atoms with Crippen LogP contribution in [-0.2, 0) is 12.8 Å². The Morgan fingerprint density at radius 2 is 2.24 bits per heavy atom. The van der Waals surface area contributed by atoms with Crippen molar-refractivity contribution in [1.82, 2.24) is 5.32 Å². The molecule has 0 spiro atoms. The number of halogens is 1. The van der Waals surface area contributed by atoms with Crippen molar-refractivity contribution in [3.8, 4) is 0 Å². The molecule has 0 saturated heterocycles. The summed E-state index contributed by atoms with van der Waals surface area (Å²) in [5.74, 6) is 0.0562. The molecule has 1 N–H and O–H groups in total. The summed E-state index contributed by atoms with van der Waals surface area (Å²) in [6, 6.07) is 2.07. The maximum atomic E-state index is 12.1. The second-order valence-corrected chi connectivity index (χ2v) is 7.71. The van der Waals surface area contributed by atoms with Crippen LogP contribution in [0.15, 0.2) is 6.07 Å². The lowest BCUT2D eigenvalue weighted by atomic mass is 10.0. The van der Waals surface area contributed by atoms with Gasteiger partial charge in [0.1, 0.15) is 0 Å². The largest absolute Gasteiger partial charge is 0.345 e. The molecule has 1 heterocycles. The van der Waals surface area contributed by atoms with Crippen LogP contribution in [0.1, 0.15) is 47.3 Å². The number of alkyl halides is 1. The number of amides is 1. The number of hydrogen-bond acceptors (Lipinski definition) is 2. The van der Waals surface area contributed by atoms with Crippen molar-refractivity contribution in [2.45, 2.75) is 50.4 Å². The Hall–Kier alpha value is -0.350. The number of thiophene rings is 1. The molecule has 1 aromatic rings. The lowest BCUT2D eigenvalue weighted by Crippen LogP contribution is -2.48. The first-order chi connectivity index (χ1) is 7.90. The molecule has 2 rings (SSSR count). The summed E-state index contributed by atoms with van der Waals surface area (Å²) in [7, 11) is 0. The van der Waals surface area contributed by atoms with Crippen LogP contribution in [-0.4, -0.2) is 16.3 Å². The van der Waals surface area contributed by atoms with Crippen LogP contribution in [0.5, 0.6) is 0 Å². The minimum absolute atomic E-state index is 0.0562. The molecule has 2 nitrogen and oxygen atoms in total. The summed E-state index contributed by atoms with van der Waals surface area (Å²) < 4.78 is 0. The van der Waals surface area contributed by atoms with Gasteiger partial charge < -0.3 is 5.32 Å². The molecule has 94 valence electrons. The molecule has 17 heavy (non-hydrogen) atoms. The number of carbonyl (C=O) groups is 1. The van der Waals surface area contributed by atoms with Crippen LogP contribution in [0, 0.1) is 0 Å². The Morgan fingerprint density at radius 1 is 1.53 bits per heavy atom. The fraction of sp³-hybridized carbons (Fsp3) is 0.615. The van der Waals surface area contributed by atoms with Crippen LogP contribution in [0.3, 0.4) is 0 Å². The third-order valence-corrected chi connectivity index (χ3v) is 5.78. The number of nitrogens with one attached hydrogen (secondary N) is 1. The molecule has 1 aliphatic rings. The van der Waals surface area contributed by atoms with E-state index in [9.17, 15) is 4.79 Å². The third-order valence-electron chi connectivity index (χ3n) is 3.40. The lowest BCUT2D eigenvalue weighted by Gasteiger charge is -2.29. The zero-order valence-corrected chi connectivity index (χ0v) is 12.9. The Balaban J connectivity index is 2.10. The SMILES string of the molecule is CC(Br)C(C)(C)NC(=O)c1cc2c(s1)CCC2. The molecule has 0 aromatic carbocycles. The maximum absolute atomic E-state index is 12.1. The van der Waals surface area contributed by atoms with Gasteiger partial charge >= 0.3 is 0 Å². The van der Waals surface area contributed by atoms with Gasteiger partial charge in [0.05, 0.1) is 4.88 Å². The molecule has 1 amide bonds. The van der Waals surface area contributed by atoms with Crippen LogP contribution in [0.25, 0.3) is 0 Å². The smallest absolute Gasteiger partial charge is 0.261 e. The van der Waals surface area contributed by atoms with E-state index in [-0.39, 0.29) is 16.3 Å². The fourth-order valence-corrected chi connectivity index (χ4v) is 3.16. The Kier molecular flexibility index (Phi) is 3.64. The van der Waals surface area contributed by atoms with Gasteiger partial charge in [0.15, 0.2) is 0 Å². The number of hydrogen-bond donors (Lipinski definition) is 1. The highest BCUT2D eigenvalue weighted by atomic mass is 79.9. The molecule has 0 aliphatic heterocycles. The van der Waals surface area contributed by atoms with Crippen molar-refractivity contribution in [3.05, 3.63) is 21.4 Å². The highest BCUT2D eigenvalue weighted by Crippen LogP contribution is 2.31. The summed E-state index contributed by atoms with van der Waals surface area (Å²) in [6.07, 6.45) is 3.52. The number of carbonyl (C=O) groups excluding carboxylic acids is 1. The van der Waals surface area contributed by atoms with Gasteiger partial charge in [-0.15, -0.1) is 11.3 Å². The van der Waals surface area contributed by atoms with Crippen molar-refractivity contribution in [3.63, 3.8) is 0 Å². The van der Waals surface area contributed by atoms with E-state index in [1.54, 1.807) is 11.3 Å². The molecule has 0 saturated carbocycles. The second-order valence-electron chi connectivity index (χ2n) is 5.20. The lowest BCUT2D eigenvalue weighted by molar-refractivity contribution is 0.0918. The number of rotatable bonds is 3. The minimum atomic E-state index is -0.231. The quantitative estimate of drug-likeness (QED) is 0.849. The van der Waals surface area contributed by atoms with Gasteiger partial charge in [-0.05, 0) is 44.7 Å². The fourth-order valence-electron chi connectivity index (χ4n) is 1.89. The standard InChI is InChI=1S/C13H18BrNOS/c1-8(14)13(2,3)15-12(16)11-7-9-5-4-6-10(9)17-11/h7-8H,4-6H2,1-3H3,(H,15,16). The van der Waals surface area contributed by atoms with E-state index in [2.05, 4.69) is 34.2 Å². The average Bonchev–Trinajstić information content (AvgIpc) is 2.74. The summed E-state index contributed by atoms with van der Waals surface area (Å²) in [6.45, 7) is 6.12. The van der Waals surface area contributed by atoms with E-state index < -0.39 is 0 Å². The molecule has 1 aromatic heterocycles. The van der Waals surface area contributed by atoms with Crippen molar-refractivity contribution < 1.29 is 4.79 Å². The first kappa shape index (κ1) is 13.1. The van der Waals surface area contributed by atoms with Crippen molar-refractivity contribution in [2.24, 2.45) is 0 Å². The summed E-state index contributed by atoms with van der Waals surface area (Å²) in [4.78, 5) is 14.7. The highest BCUT2D eigenvalue weighted by molar-refractivity contribution is 9.09. The highest BCUT2D eigenvalue weighted by Gasteiger charge is 2.27. The molecule has 1 atom stereocenters. The summed E-state index contributed by atoms with van der Waals surface area (Å²) in [5, 5.41) is 3.09. The van der Waals surface area contributed by atoms with Crippen molar-refractivity contribution in [1.29, 1.82) is 0 Å². The summed E-state index contributed by atoms with van der Waals surface area (Å²) in [5.41, 5.74) is 1.15. The van der Waals surface area contributed by atoms with Gasteiger partial charge in [0, 0.05) is 15.2 Å². The van der Waals surface area contributed by atoms with E-state index >= 15 is 0 Å². The Morgan fingerprint density at radius 3 is 2.82 bits per heavy atom. The van der Waals surface area contributed by atoms with E-state index in [0.29, 0.717) is 0 Å².